The fraction of sp³-hybridized carbons (Fsp3) is 0.159. The Kier molecular flexibility index (Phi) is 6.83. The van der Waals surface area contributed by atoms with Crippen LogP contribution in [-0.4, -0.2) is 14.1 Å². The van der Waals surface area contributed by atoms with Crippen LogP contribution in [0.5, 0.6) is 0 Å². The summed E-state index contributed by atoms with van der Waals surface area (Å²) in [6.45, 7) is 9.16. The van der Waals surface area contributed by atoms with Crippen LogP contribution in [0.4, 0.5) is 5.69 Å². The van der Waals surface area contributed by atoms with Gasteiger partial charge >= 0.3 is 0 Å². The molecule has 0 spiro atoms. The van der Waals surface area contributed by atoms with Crippen molar-refractivity contribution in [3.05, 3.63) is 157 Å². The highest BCUT2D eigenvalue weighted by Gasteiger charge is 2.28. The summed E-state index contributed by atoms with van der Waals surface area (Å²) in [5, 5.41) is 8.53. The van der Waals surface area contributed by atoms with Gasteiger partial charge in [-0.25, -0.2) is 4.98 Å². The first-order valence-corrected chi connectivity index (χ1v) is 17.3. The Morgan fingerprint density at radius 1 is 0.571 bits per heavy atom. The highest BCUT2D eigenvalue weighted by molar-refractivity contribution is 6.11. The van der Waals surface area contributed by atoms with E-state index in [1.54, 1.807) is 0 Å². The van der Waals surface area contributed by atoms with Crippen LogP contribution in [0.1, 0.15) is 62.4 Å². The molecule has 1 N–H and O–H groups in total. The third-order valence-corrected chi connectivity index (χ3v) is 10.2. The van der Waals surface area contributed by atoms with E-state index in [9.17, 15) is 0 Å². The predicted molar refractivity (Wildman–Crippen MR) is 205 cm³/mol. The number of aromatic nitrogens is 3. The van der Waals surface area contributed by atoms with Crippen molar-refractivity contribution >= 4 is 49.4 Å². The molecule has 1 unspecified atom stereocenters. The van der Waals surface area contributed by atoms with Gasteiger partial charge in [0.15, 0.2) is 0 Å². The fourth-order valence-corrected chi connectivity index (χ4v) is 7.92. The van der Waals surface area contributed by atoms with Crippen LogP contribution >= 0.6 is 0 Å². The molecular weight excluding hydrogens is 599 g/mol. The maximum absolute atomic E-state index is 4.86. The number of nitrogens with zero attached hydrogens (tertiary/aromatic N) is 4. The first kappa shape index (κ1) is 29.3. The van der Waals surface area contributed by atoms with Crippen molar-refractivity contribution < 1.29 is 0 Å². The molecule has 1 aliphatic rings. The van der Waals surface area contributed by atoms with E-state index >= 15 is 0 Å². The molecule has 5 aromatic carbocycles. The largest absolute Gasteiger partial charge is 0.366 e. The minimum absolute atomic E-state index is 0.0234. The van der Waals surface area contributed by atoms with Crippen LogP contribution < -0.4 is 10.2 Å². The molecule has 5 heteroatoms. The lowest BCUT2D eigenvalue weighted by atomic mass is 9.91. The van der Waals surface area contributed by atoms with Crippen LogP contribution in [-0.2, 0) is 0 Å². The van der Waals surface area contributed by atoms with Crippen LogP contribution in [0.3, 0.4) is 0 Å². The van der Waals surface area contributed by atoms with E-state index in [2.05, 4.69) is 175 Å². The van der Waals surface area contributed by atoms with Crippen LogP contribution in [0.2, 0.25) is 0 Å². The zero-order valence-electron chi connectivity index (χ0n) is 28.3. The molecule has 0 bridgehead atoms. The van der Waals surface area contributed by atoms with E-state index in [0.29, 0.717) is 11.8 Å². The Balaban J connectivity index is 1.22. The van der Waals surface area contributed by atoms with Gasteiger partial charge < -0.3 is 14.8 Å². The molecule has 5 nitrogen and oxygen atoms in total. The summed E-state index contributed by atoms with van der Waals surface area (Å²) >= 11 is 0. The van der Waals surface area contributed by atoms with E-state index in [1.165, 1.54) is 49.6 Å². The van der Waals surface area contributed by atoms with Gasteiger partial charge in [0.25, 0.3) is 0 Å². The molecule has 0 saturated heterocycles. The lowest BCUT2D eigenvalue weighted by molar-refractivity contribution is 0.657. The van der Waals surface area contributed by atoms with E-state index in [-0.39, 0.29) is 6.17 Å². The summed E-state index contributed by atoms with van der Waals surface area (Å²) in [7, 11) is 0. The average molecular weight is 638 g/mol. The molecule has 0 radical (unpaired) electrons. The van der Waals surface area contributed by atoms with Crippen molar-refractivity contribution in [2.45, 2.75) is 45.7 Å². The number of hydrogen-bond acceptors (Lipinski definition) is 3. The lowest BCUT2D eigenvalue weighted by Gasteiger charge is -2.32. The summed E-state index contributed by atoms with van der Waals surface area (Å²) in [6.07, 6.45) is 6.16. The maximum Gasteiger partial charge on any atom is 0.145 e. The molecular formula is C44H39N5. The van der Waals surface area contributed by atoms with E-state index in [1.807, 2.05) is 12.3 Å². The van der Waals surface area contributed by atoms with Gasteiger partial charge in [-0.1, -0.05) is 100 Å². The van der Waals surface area contributed by atoms with Crippen molar-refractivity contribution in [2.75, 3.05) is 4.90 Å². The zero-order valence-corrected chi connectivity index (χ0v) is 28.3. The van der Waals surface area contributed by atoms with Crippen molar-refractivity contribution in [2.24, 2.45) is 0 Å². The SMILES string of the molecule is CC(C)c1cccc(C(C)C)c1N1C=CNC1c1cccc(-n2c3ccccc3c3ccc(-n4c5ccccc5c5cccnc54)cc32)c1. The highest BCUT2D eigenvalue weighted by Crippen LogP contribution is 2.41. The molecule has 0 fully saturated rings. The van der Waals surface area contributed by atoms with Crippen LogP contribution in [0.15, 0.2) is 140 Å². The van der Waals surface area contributed by atoms with Crippen LogP contribution in [0.25, 0.3) is 55.1 Å². The second-order valence-corrected chi connectivity index (χ2v) is 13.8. The molecule has 1 atom stereocenters. The van der Waals surface area contributed by atoms with Crippen molar-refractivity contribution in [3.63, 3.8) is 0 Å². The van der Waals surface area contributed by atoms with E-state index < -0.39 is 0 Å². The molecule has 3 aromatic heterocycles. The van der Waals surface area contributed by atoms with E-state index in [4.69, 9.17) is 4.98 Å². The monoisotopic (exact) mass is 637 g/mol. The number of fused-ring (bicyclic) bond motifs is 6. The normalized spacial score (nSPS) is 14.7. The smallest absolute Gasteiger partial charge is 0.145 e. The number of pyridine rings is 1. The van der Waals surface area contributed by atoms with Crippen LogP contribution in [0, 0.1) is 0 Å². The van der Waals surface area contributed by atoms with Gasteiger partial charge in [0.05, 0.1) is 16.6 Å². The van der Waals surface area contributed by atoms with Crippen molar-refractivity contribution in [1.29, 1.82) is 0 Å². The highest BCUT2D eigenvalue weighted by atomic mass is 15.3. The standard InChI is InChI=1S/C44H39N5/c1-28(2)33-16-10-17-34(29(3)4)42(33)47-25-24-46-43(47)30-12-9-13-31(26-30)48-39-19-7-5-14-35(39)37-22-21-32(27-41(37)48)49-40-20-8-6-15-36(40)38-18-11-23-45-44(38)49/h5-29,43,46H,1-4H3. The summed E-state index contributed by atoms with van der Waals surface area (Å²) in [5.41, 5.74) is 12.0. The number of benzene rings is 5. The molecule has 8 aromatic rings. The Labute approximate surface area is 286 Å². The number of nitrogens with one attached hydrogen (secondary N) is 1. The summed E-state index contributed by atoms with van der Waals surface area (Å²) in [4.78, 5) is 7.29. The number of para-hydroxylation sites is 3. The molecule has 0 aliphatic carbocycles. The molecule has 0 saturated carbocycles. The van der Waals surface area contributed by atoms with Gasteiger partial charge in [-0.2, -0.15) is 0 Å². The quantitative estimate of drug-likeness (QED) is 0.197. The predicted octanol–water partition coefficient (Wildman–Crippen LogP) is 11.1. The molecule has 1 aliphatic heterocycles. The average Bonchev–Trinajstić information content (AvgIpc) is 3.84. The Hall–Kier alpha value is -5.81. The first-order chi connectivity index (χ1) is 24.0. The third kappa shape index (κ3) is 4.56. The zero-order chi connectivity index (χ0) is 33.2. The molecule has 0 amide bonds. The molecule has 49 heavy (non-hydrogen) atoms. The molecule has 9 rings (SSSR count). The van der Waals surface area contributed by atoms with Gasteiger partial charge in [-0.05, 0) is 77.1 Å². The summed E-state index contributed by atoms with van der Waals surface area (Å²) in [6, 6.07) is 44.2. The van der Waals surface area contributed by atoms with Gasteiger partial charge in [0.2, 0.25) is 0 Å². The second kappa shape index (κ2) is 11.4. The van der Waals surface area contributed by atoms with E-state index in [0.717, 1.165) is 27.9 Å². The molecule has 240 valence electrons. The Morgan fingerprint density at radius 2 is 1.20 bits per heavy atom. The second-order valence-electron chi connectivity index (χ2n) is 13.8. The fourth-order valence-electron chi connectivity index (χ4n) is 7.92. The summed E-state index contributed by atoms with van der Waals surface area (Å²) < 4.78 is 4.72. The minimum Gasteiger partial charge on any atom is -0.366 e. The van der Waals surface area contributed by atoms with Gasteiger partial charge in [0, 0.05) is 57.2 Å². The number of hydrogen-bond donors (Lipinski definition) is 1. The Bertz CT molecular complexity index is 2490. The maximum atomic E-state index is 4.86. The van der Waals surface area contributed by atoms with Gasteiger partial charge in [-0.15, -0.1) is 0 Å². The van der Waals surface area contributed by atoms with Gasteiger partial charge in [-0.3, -0.25) is 4.57 Å². The topological polar surface area (TPSA) is 38.0 Å². The molecule has 4 heterocycles. The summed E-state index contributed by atoms with van der Waals surface area (Å²) in [5.74, 6) is 0.817. The van der Waals surface area contributed by atoms with Crippen molar-refractivity contribution in [1.82, 2.24) is 19.4 Å². The first-order valence-electron chi connectivity index (χ1n) is 17.3. The minimum atomic E-state index is -0.0234. The third-order valence-electron chi connectivity index (χ3n) is 10.2. The lowest BCUT2D eigenvalue weighted by Crippen LogP contribution is -2.28. The van der Waals surface area contributed by atoms with Gasteiger partial charge in [0.1, 0.15) is 11.8 Å². The Morgan fingerprint density at radius 3 is 1.96 bits per heavy atom. The number of rotatable bonds is 6. The number of anilines is 1. The van der Waals surface area contributed by atoms with Crippen molar-refractivity contribution in [3.8, 4) is 11.4 Å².